The van der Waals surface area contributed by atoms with E-state index in [0.29, 0.717) is 10.8 Å². The van der Waals surface area contributed by atoms with Gasteiger partial charge >= 0.3 is 0 Å². The van der Waals surface area contributed by atoms with Crippen molar-refractivity contribution in [1.29, 1.82) is 0 Å². The minimum absolute atomic E-state index is 0.608. The van der Waals surface area contributed by atoms with Crippen LogP contribution in [0.15, 0.2) is 18.3 Å². The Bertz CT molecular complexity index is 572. The summed E-state index contributed by atoms with van der Waals surface area (Å²) in [7, 11) is 1.86. The van der Waals surface area contributed by atoms with Crippen molar-refractivity contribution in [2.75, 3.05) is 12.4 Å². The molecule has 0 radical (unpaired) electrons. The van der Waals surface area contributed by atoms with E-state index >= 15 is 0 Å². The van der Waals surface area contributed by atoms with Crippen LogP contribution in [-0.2, 0) is 6.42 Å². The van der Waals surface area contributed by atoms with Crippen molar-refractivity contribution >= 4 is 40.0 Å². The molecule has 0 aliphatic heterocycles. The molecule has 19 heavy (non-hydrogen) atoms. The van der Waals surface area contributed by atoms with Crippen LogP contribution in [0.25, 0.3) is 11.5 Å². The van der Waals surface area contributed by atoms with E-state index in [0.717, 1.165) is 33.6 Å². The highest BCUT2D eigenvalue weighted by atomic mass is 127. The quantitative estimate of drug-likeness (QED) is 0.810. The van der Waals surface area contributed by atoms with Gasteiger partial charge in [-0.2, -0.15) is 0 Å². The molecule has 4 nitrogen and oxygen atoms in total. The summed E-state index contributed by atoms with van der Waals surface area (Å²) in [4.78, 5) is 13.4. The zero-order chi connectivity index (χ0) is 13.8. The van der Waals surface area contributed by atoms with Crippen molar-refractivity contribution in [2.45, 2.75) is 19.8 Å². The summed E-state index contributed by atoms with van der Waals surface area (Å²) < 4.78 is 1.07. The first-order chi connectivity index (χ1) is 9.15. The molecule has 0 saturated carbocycles. The number of anilines is 1. The average molecular weight is 389 g/mol. The molecule has 2 rings (SSSR count). The number of aryl methyl sites for hydroxylation is 1. The summed E-state index contributed by atoms with van der Waals surface area (Å²) in [5, 5.41) is 3.71. The normalized spacial score (nSPS) is 10.5. The van der Waals surface area contributed by atoms with Crippen molar-refractivity contribution in [3.05, 3.63) is 32.6 Å². The number of nitrogens with zero attached hydrogens (tertiary/aromatic N) is 3. The number of nitrogens with one attached hydrogen (secondary N) is 1. The van der Waals surface area contributed by atoms with Gasteiger partial charge in [-0.25, -0.2) is 9.97 Å². The minimum Gasteiger partial charge on any atom is -0.372 e. The maximum atomic E-state index is 5.85. The first-order valence-corrected chi connectivity index (χ1v) is 7.47. The van der Waals surface area contributed by atoms with Crippen molar-refractivity contribution < 1.29 is 0 Å². The van der Waals surface area contributed by atoms with E-state index in [9.17, 15) is 0 Å². The topological polar surface area (TPSA) is 50.7 Å². The Labute approximate surface area is 131 Å². The summed E-state index contributed by atoms with van der Waals surface area (Å²) in [6.45, 7) is 2.14. The third-order valence-corrected chi connectivity index (χ3v) is 3.96. The van der Waals surface area contributed by atoms with Gasteiger partial charge in [0.1, 0.15) is 11.5 Å². The maximum absolute atomic E-state index is 5.85. The van der Waals surface area contributed by atoms with Crippen LogP contribution in [0, 0.1) is 3.57 Å². The smallest absolute Gasteiger partial charge is 0.180 e. The average Bonchev–Trinajstić information content (AvgIpc) is 2.42. The Hall–Kier alpha value is -0.950. The highest BCUT2D eigenvalue weighted by molar-refractivity contribution is 14.1. The van der Waals surface area contributed by atoms with Crippen LogP contribution in [0.4, 0.5) is 5.82 Å². The monoisotopic (exact) mass is 388 g/mol. The molecule has 2 aromatic heterocycles. The Balaban J connectivity index is 2.51. The summed E-state index contributed by atoms with van der Waals surface area (Å²) in [6, 6.07) is 3.63. The fraction of sp³-hybridized carbons (Fsp3) is 0.308. The molecule has 0 bridgehead atoms. The highest BCUT2D eigenvalue weighted by Crippen LogP contribution is 2.24. The predicted molar refractivity (Wildman–Crippen MR) is 86.5 cm³/mol. The second kappa shape index (κ2) is 6.47. The molecule has 2 heterocycles. The Morgan fingerprint density at radius 1 is 1.32 bits per heavy atom. The van der Waals surface area contributed by atoms with E-state index in [2.05, 4.69) is 49.8 Å². The SMILES string of the molecule is CCCc1nc(-c2ccc(Cl)cn2)nc(NC)c1I. The summed E-state index contributed by atoms with van der Waals surface area (Å²) in [5.74, 6) is 1.47. The van der Waals surface area contributed by atoms with E-state index in [1.807, 2.05) is 13.1 Å². The van der Waals surface area contributed by atoms with E-state index in [-0.39, 0.29) is 0 Å². The molecule has 0 saturated heterocycles. The Morgan fingerprint density at radius 3 is 2.68 bits per heavy atom. The third kappa shape index (κ3) is 3.33. The fourth-order valence-corrected chi connectivity index (χ4v) is 2.58. The lowest BCUT2D eigenvalue weighted by Crippen LogP contribution is -2.05. The molecule has 0 spiro atoms. The van der Waals surface area contributed by atoms with Gasteiger partial charge in [-0.15, -0.1) is 0 Å². The molecule has 0 aromatic carbocycles. The molecular weight excluding hydrogens is 375 g/mol. The minimum atomic E-state index is 0.608. The van der Waals surface area contributed by atoms with E-state index in [1.54, 1.807) is 12.3 Å². The Morgan fingerprint density at radius 2 is 2.11 bits per heavy atom. The number of hydrogen-bond donors (Lipinski definition) is 1. The van der Waals surface area contributed by atoms with Gasteiger partial charge in [-0.1, -0.05) is 24.9 Å². The van der Waals surface area contributed by atoms with Crippen LogP contribution < -0.4 is 5.32 Å². The number of halogens is 2. The third-order valence-electron chi connectivity index (χ3n) is 2.60. The van der Waals surface area contributed by atoms with E-state index in [4.69, 9.17) is 11.6 Å². The molecule has 0 fully saturated rings. The number of rotatable bonds is 4. The zero-order valence-electron chi connectivity index (χ0n) is 10.7. The van der Waals surface area contributed by atoms with Crippen LogP contribution >= 0.6 is 34.2 Å². The van der Waals surface area contributed by atoms with Crippen LogP contribution in [-0.4, -0.2) is 22.0 Å². The van der Waals surface area contributed by atoms with Crippen LogP contribution in [0.3, 0.4) is 0 Å². The van der Waals surface area contributed by atoms with Crippen LogP contribution in [0.1, 0.15) is 19.0 Å². The lowest BCUT2D eigenvalue weighted by molar-refractivity contribution is 0.866. The number of pyridine rings is 1. The number of hydrogen-bond acceptors (Lipinski definition) is 4. The van der Waals surface area contributed by atoms with Gasteiger partial charge in [0.25, 0.3) is 0 Å². The lowest BCUT2D eigenvalue weighted by atomic mass is 10.2. The number of aromatic nitrogens is 3. The Kier molecular flexibility index (Phi) is 4.93. The van der Waals surface area contributed by atoms with Crippen molar-refractivity contribution in [3.8, 4) is 11.5 Å². The molecular formula is C13H14ClIN4. The zero-order valence-corrected chi connectivity index (χ0v) is 13.7. The van der Waals surface area contributed by atoms with Crippen molar-refractivity contribution in [2.24, 2.45) is 0 Å². The van der Waals surface area contributed by atoms with Crippen LogP contribution in [0.2, 0.25) is 5.02 Å². The second-order valence-corrected chi connectivity index (χ2v) is 5.53. The molecule has 0 atom stereocenters. The fourth-order valence-electron chi connectivity index (χ4n) is 1.68. The van der Waals surface area contributed by atoms with Gasteiger partial charge in [0.2, 0.25) is 0 Å². The molecule has 2 aromatic rings. The summed E-state index contributed by atoms with van der Waals surface area (Å²) in [5.41, 5.74) is 1.78. The first-order valence-electron chi connectivity index (χ1n) is 6.01. The molecule has 100 valence electrons. The second-order valence-electron chi connectivity index (χ2n) is 4.02. The molecule has 0 unspecified atom stereocenters. The molecule has 1 N–H and O–H groups in total. The van der Waals surface area contributed by atoms with Crippen molar-refractivity contribution in [3.63, 3.8) is 0 Å². The van der Waals surface area contributed by atoms with Gasteiger partial charge in [0.15, 0.2) is 5.82 Å². The van der Waals surface area contributed by atoms with Gasteiger partial charge in [-0.3, -0.25) is 4.98 Å². The largest absolute Gasteiger partial charge is 0.372 e. The van der Waals surface area contributed by atoms with Crippen LogP contribution in [0.5, 0.6) is 0 Å². The van der Waals surface area contributed by atoms with E-state index < -0.39 is 0 Å². The van der Waals surface area contributed by atoms with E-state index in [1.165, 1.54) is 0 Å². The highest BCUT2D eigenvalue weighted by Gasteiger charge is 2.12. The molecule has 6 heteroatoms. The molecule has 0 amide bonds. The predicted octanol–water partition coefficient (Wildman–Crippen LogP) is 3.79. The van der Waals surface area contributed by atoms with Gasteiger partial charge in [0, 0.05) is 13.2 Å². The molecule has 0 aliphatic carbocycles. The standard InChI is InChI=1S/C13H14ClIN4/c1-3-4-9-11(15)13(16-2)19-12(18-9)10-6-5-8(14)7-17-10/h5-7H,3-4H2,1-2H3,(H,16,18,19). The first kappa shape index (κ1) is 14.5. The summed E-state index contributed by atoms with van der Waals surface area (Å²) in [6.07, 6.45) is 3.58. The van der Waals surface area contributed by atoms with Gasteiger partial charge < -0.3 is 5.32 Å². The lowest BCUT2D eigenvalue weighted by Gasteiger charge is -2.10. The van der Waals surface area contributed by atoms with Gasteiger partial charge in [-0.05, 0) is 41.1 Å². The summed E-state index contributed by atoms with van der Waals surface area (Å²) >= 11 is 8.12. The van der Waals surface area contributed by atoms with Crippen molar-refractivity contribution in [1.82, 2.24) is 15.0 Å². The van der Waals surface area contributed by atoms with Gasteiger partial charge in [0.05, 0.1) is 14.3 Å². The molecule has 0 aliphatic rings. The maximum Gasteiger partial charge on any atom is 0.180 e.